The molecule has 0 fully saturated rings. The van der Waals surface area contributed by atoms with Crippen molar-refractivity contribution in [1.82, 2.24) is 5.06 Å². The molecule has 0 bridgehead atoms. The topological polar surface area (TPSA) is 57.6 Å². The first kappa shape index (κ1) is 9.36. The number of benzene rings is 1. The molecule has 0 unspecified atom stereocenters. The van der Waals surface area contributed by atoms with Crippen LogP contribution in [0.2, 0.25) is 0 Å². The van der Waals surface area contributed by atoms with Crippen LogP contribution < -0.4 is 0 Å². The van der Waals surface area contributed by atoms with Gasteiger partial charge in [-0.25, -0.2) is 0 Å². The van der Waals surface area contributed by atoms with E-state index in [9.17, 15) is 9.59 Å². The number of imide groups is 1. The van der Waals surface area contributed by atoms with Crippen LogP contribution in [0.25, 0.3) is 0 Å². The van der Waals surface area contributed by atoms with Crippen molar-refractivity contribution in [2.45, 2.75) is 6.42 Å². The molecule has 5 heteroatoms. The molecule has 0 radical (unpaired) electrons. The Kier molecular flexibility index (Phi) is 2.13. The number of fused-ring (bicyclic) bond motifs is 1. The Morgan fingerprint density at radius 2 is 2.07 bits per heavy atom. The summed E-state index contributed by atoms with van der Waals surface area (Å²) < 4.78 is 0.743. The molecule has 14 heavy (non-hydrogen) atoms. The van der Waals surface area contributed by atoms with E-state index in [2.05, 4.69) is 15.9 Å². The molecule has 2 rings (SSSR count). The summed E-state index contributed by atoms with van der Waals surface area (Å²) in [7, 11) is 0. The first-order chi connectivity index (χ1) is 6.59. The molecule has 0 aromatic heterocycles. The van der Waals surface area contributed by atoms with Crippen LogP contribution in [0.5, 0.6) is 0 Å². The zero-order valence-corrected chi connectivity index (χ0v) is 8.61. The highest BCUT2D eigenvalue weighted by Crippen LogP contribution is 2.22. The summed E-state index contributed by atoms with van der Waals surface area (Å²) in [4.78, 5) is 22.5. The molecule has 72 valence electrons. The Morgan fingerprint density at radius 3 is 2.79 bits per heavy atom. The fraction of sp³-hybridized carbons (Fsp3) is 0.111. The van der Waals surface area contributed by atoms with Crippen molar-refractivity contribution in [3.05, 3.63) is 33.8 Å². The van der Waals surface area contributed by atoms with E-state index >= 15 is 0 Å². The lowest BCUT2D eigenvalue weighted by atomic mass is 10.00. The molecule has 1 N–H and O–H groups in total. The smallest absolute Gasteiger partial charge is 0.278 e. The van der Waals surface area contributed by atoms with E-state index in [0.717, 1.165) is 4.47 Å². The van der Waals surface area contributed by atoms with Gasteiger partial charge in [-0.2, -0.15) is 5.06 Å². The number of hydroxylamine groups is 2. The summed E-state index contributed by atoms with van der Waals surface area (Å²) in [5.74, 6) is -1.26. The van der Waals surface area contributed by atoms with Gasteiger partial charge in [-0.3, -0.25) is 14.8 Å². The van der Waals surface area contributed by atoms with Gasteiger partial charge in [-0.15, -0.1) is 0 Å². The van der Waals surface area contributed by atoms with Crippen molar-refractivity contribution in [3.63, 3.8) is 0 Å². The minimum Gasteiger partial charge on any atom is -0.278 e. The molecule has 0 aliphatic carbocycles. The normalized spacial score (nSPS) is 15.7. The van der Waals surface area contributed by atoms with Crippen LogP contribution in [0.15, 0.2) is 22.7 Å². The predicted molar refractivity (Wildman–Crippen MR) is 50.8 cm³/mol. The van der Waals surface area contributed by atoms with E-state index < -0.39 is 11.8 Å². The molecule has 1 aliphatic rings. The number of carbonyl (C=O) groups excluding carboxylic acids is 2. The Bertz CT molecular complexity index is 430. The molecule has 1 aliphatic heterocycles. The Balaban J connectivity index is 2.57. The molecular weight excluding hydrogens is 250 g/mol. The number of amides is 2. The van der Waals surface area contributed by atoms with Crippen molar-refractivity contribution in [3.8, 4) is 0 Å². The van der Waals surface area contributed by atoms with Gasteiger partial charge in [0.1, 0.15) is 0 Å². The van der Waals surface area contributed by atoms with Gasteiger partial charge in [0.15, 0.2) is 0 Å². The molecule has 1 aromatic rings. The number of nitrogens with zero attached hydrogens (tertiary/aromatic N) is 1. The highest BCUT2D eigenvalue weighted by Gasteiger charge is 2.29. The van der Waals surface area contributed by atoms with Gasteiger partial charge < -0.3 is 0 Å². The average Bonchev–Trinajstić information content (AvgIpc) is 2.16. The van der Waals surface area contributed by atoms with Crippen LogP contribution in [-0.4, -0.2) is 22.1 Å². The van der Waals surface area contributed by atoms with Crippen LogP contribution in [-0.2, 0) is 11.2 Å². The van der Waals surface area contributed by atoms with E-state index in [-0.39, 0.29) is 11.5 Å². The lowest BCUT2D eigenvalue weighted by Gasteiger charge is -2.20. The lowest BCUT2D eigenvalue weighted by Crippen LogP contribution is -2.39. The summed E-state index contributed by atoms with van der Waals surface area (Å²) in [6, 6.07) is 5.04. The van der Waals surface area contributed by atoms with Crippen molar-refractivity contribution in [2.24, 2.45) is 0 Å². The predicted octanol–water partition coefficient (Wildman–Crippen LogP) is 1.36. The van der Waals surface area contributed by atoms with Gasteiger partial charge in [0.05, 0.1) is 6.42 Å². The third kappa shape index (κ3) is 1.34. The van der Waals surface area contributed by atoms with E-state index in [1.54, 1.807) is 18.2 Å². The highest BCUT2D eigenvalue weighted by molar-refractivity contribution is 9.10. The fourth-order valence-electron chi connectivity index (χ4n) is 1.37. The maximum absolute atomic E-state index is 11.4. The minimum absolute atomic E-state index is 0.0604. The summed E-state index contributed by atoms with van der Waals surface area (Å²) in [5.41, 5.74) is 1.01. The van der Waals surface area contributed by atoms with Crippen molar-refractivity contribution >= 4 is 27.7 Å². The summed E-state index contributed by atoms with van der Waals surface area (Å²) in [6.45, 7) is 0. The number of rotatable bonds is 0. The van der Waals surface area contributed by atoms with Gasteiger partial charge in [0.2, 0.25) is 0 Å². The largest absolute Gasteiger partial charge is 0.284 e. The van der Waals surface area contributed by atoms with Gasteiger partial charge in [-0.1, -0.05) is 22.0 Å². The van der Waals surface area contributed by atoms with Crippen molar-refractivity contribution in [1.29, 1.82) is 0 Å². The van der Waals surface area contributed by atoms with E-state index in [4.69, 9.17) is 5.21 Å². The molecule has 2 amide bonds. The lowest BCUT2D eigenvalue weighted by molar-refractivity contribution is -0.153. The second kappa shape index (κ2) is 3.18. The van der Waals surface area contributed by atoms with Crippen LogP contribution in [0.1, 0.15) is 15.9 Å². The monoisotopic (exact) mass is 255 g/mol. The third-order valence-electron chi connectivity index (χ3n) is 2.07. The maximum Gasteiger partial charge on any atom is 0.284 e. The Morgan fingerprint density at radius 1 is 1.36 bits per heavy atom. The first-order valence-electron chi connectivity index (χ1n) is 3.94. The van der Waals surface area contributed by atoms with Gasteiger partial charge >= 0.3 is 0 Å². The zero-order chi connectivity index (χ0) is 10.3. The number of hydrogen-bond acceptors (Lipinski definition) is 3. The molecule has 0 saturated heterocycles. The number of halogens is 1. The third-order valence-corrected chi connectivity index (χ3v) is 2.57. The van der Waals surface area contributed by atoms with E-state index in [1.165, 1.54) is 0 Å². The molecule has 0 atom stereocenters. The molecule has 1 aromatic carbocycles. The minimum atomic E-state index is -0.669. The second-order valence-electron chi connectivity index (χ2n) is 2.99. The molecule has 1 heterocycles. The maximum atomic E-state index is 11.4. The van der Waals surface area contributed by atoms with Crippen LogP contribution in [0.3, 0.4) is 0 Å². The number of carbonyl (C=O) groups is 2. The molecule has 4 nitrogen and oxygen atoms in total. The fourth-order valence-corrected chi connectivity index (χ4v) is 1.73. The zero-order valence-electron chi connectivity index (χ0n) is 7.03. The molecular formula is C9H6BrNO3. The Hall–Kier alpha value is -1.20. The van der Waals surface area contributed by atoms with Gasteiger partial charge in [0, 0.05) is 10.0 Å². The van der Waals surface area contributed by atoms with Crippen molar-refractivity contribution in [2.75, 3.05) is 0 Å². The summed E-state index contributed by atoms with van der Waals surface area (Å²) in [6.07, 6.45) is 0.0604. The Labute approximate surface area is 88.2 Å². The van der Waals surface area contributed by atoms with Crippen LogP contribution >= 0.6 is 15.9 Å². The molecule has 0 spiro atoms. The quantitative estimate of drug-likeness (QED) is 0.563. The highest BCUT2D eigenvalue weighted by atomic mass is 79.9. The van der Waals surface area contributed by atoms with Gasteiger partial charge in [0.25, 0.3) is 11.8 Å². The van der Waals surface area contributed by atoms with E-state index in [0.29, 0.717) is 11.1 Å². The average molecular weight is 256 g/mol. The van der Waals surface area contributed by atoms with Crippen LogP contribution in [0, 0.1) is 0 Å². The summed E-state index contributed by atoms with van der Waals surface area (Å²) >= 11 is 3.22. The van der Waals surface area contributed by atoms with Crippen LogP contribution in [0.4, 0.5) is 0 Å². The second-order valence-corrected chi connectivity index (χ2v) is 3.90. The molecule has 0 saturated carbocycles. The van der Waals surface area contributed by atoms with Crippen molar-refractivity contribution < 1.29 is 14.8 Å². The number of hydrogen-bond donors (Lipinski definition) is 1. The van der Waals surface area contributed by atoms with E-state index in [1.807, 2.05) is 0 Å². The standard InChI is InChI=1S/C9H6BrNO3/c10-6-2-1-5-3-8(12)11(14)9(13)7(5)4-6/h1-2,4,14H,3H2. The summed E-state index contributed by atoms with van der Waals surface area (Å²) in [5, 5.41) is 9.26. The van der Waals surface area contributed by atoms with Gasteiger partial charge in [-0.05, 0) is 17.7 Å². The SMILES string of the molecule is O=C1Cc2ccc(Br)cc2C(=O)N1O. The first-order valence-corrected chi connectivity index (χ1v) is 4.73.